The molecule has 2 aliphatic heterocycles. The van der Waals surface area contributed by atoms with Gasteiger partial charge in [-0.1, -0.05) is 12.1 Å². The topological polar surface area (TPSA) is 63.5 Å². The van der Waals surface area contributed by atoms with Gasteiger partial charge in [-0.15, -0.1) is 0 Å². The summed E-state index contributed by atoms with van der Waals surface area (Å²) in [4.78, 5) is 24.6. The molecular formula is C11H8N3O2. The molecule has 2 amide bonds. The molecule has 0 atom stereocenters. The van der Waals surface area contributed by atoms with E-state index in [0.717, 1.165) is 5.69 Å². The maximum atomic E-state index is 12.0. The van der Waals surface area contributed by atoms with Gasteiger partial charge in [0.05, 0.1) is 17.5 Å². The molecule has 16 heavy (non-hydrogen) atoms. The molecule has 2 heterocycles. The van der Waals surface area contributed by atoms with Gasteiger partial charge < -0.3 is 5.32 Å². The molecule has 0 aliphatic carbocycles. The Kier molecular flexibility index (Phi) is 1.73. The summed E-state index contributed by atoms with van der Waals surface area (Å²) in [7, 11) is 0. The second-order valence-corrected chi connectivity index (χ2v) is 3.60. The lowest BCUT2D eigenvalue weighted by atomic mass is 10.1. The van der Waals surface area contributed by atoms with E-state index in [1.165, 1.54) is 11.1 Å². The molecule has 2 aliphatic rings. The quantitative estimate of drug-likeness (QED) is 0.684. The number of anilines is 1. The Morgan fingerprint density at radius 3 is 2.94 bits per heavy atom. The fourth-order valence-corrected chi connectivity index (χ4v) is 1.81. The molecule has 0 saturated carbocycles. The first-order valence-corrected chi connectivity index (χ1v) is 4.87. The zero-order chi connectivity index (χ0) is 11.1. The average molecular weight is 214 g/mol. The number of hydrogen-bond acceptors (Lipinski definition) is 3. The fourth-order valence-electron chi connectivity index (χ4n) is 1.81. The molecule has 0 fully saturated rings. The van der Waals surface area contributed by atoms with E-state index in [1.807, 2.05) is 12.1 Å². The van der Waals surface area contributed by atoms with Crippen molar-refractivity contribution in [2.45, 2.75) is 0 Å². The number of amides is 2. The number of fused-ring (bicyclic) bond motifs is 2. The summed E-state index contributed by atoms with van der Waals surface area (Å²) >= 11 is 0. The van der Waals surface area contributed by atoms with Crippen LogP contribution >= 0.6 is 0 Å². The van der Waals surface area contributed by atoms with E-state index in [4.69, 9.17) is 0 Å². The Morgan fingerprint density at radius 2 is 2.06 bits per heavy atom. The second-order valence-electron chi connectivity index (χ2n) is 3.60. The van der Waals surface area contributed by atoms with Crippen molar-refractivity contribution in [1.82, 2.24) is 10.2 Å². The van der Waals surface area contributed by atoms with Gasteiger partial charge in [0.2, 0.25) is 0 Å². The zero-order valence-corrected chi connectivity index (χ0v) is 8.30. The van der Waals surface area contributed by atoms with Crippen LogP contribution in [0.15, 0.2) is 36.3 Å². The van der Waals surface area contributed by atoms with E-state index in [9.17, 15) is 9.59 Å². The summed E-state index contributed by atoms with van der Waals surface area (Å²) < 4.78 is 0. The van der Waals surface area contributed by atoms with E-state index in [1.54, 1.807) is 12.1 Å². The minimum atomic E-state index is -0.307. The highest BCUT2D eigenvalue weighted by Gasteiger charge is 2.32. The van der Waals surface area contributed by atoms with Gasteiger partial charge in [0.1, 0.15) is 12.4 Å². The molecule has 0 saturated heterocycles. The molecule has 1 radical (unpaired) electrons. The van der Waals surface area contributed by atoms with E-state index in [-0.39, 0.29) is 18.4 Å². The number of benzene rings is 1. The van der Waals surface area contributed by atoms with Crippen LogP contribution in [0.1, 0.15) is 10.4 Å². The van der Waals surface area contributed by atoms with E-state index in [0.29, 0.717) is 11.4 Å². The number of rotatable bonds is 0. The van der Waals surface area contributed by atoms with Crippen molar-refractivity contribution in [1.29, 1.82) is 0 Å². The van der Waals surface area contributed by atoms with Crippen LogP contribution in [0.3, 0.4) is 0 Å². The van der Waals surface area contributed by atoms with E-state index >= 15 is 0 Å². The minimum Gasteiger partial charge on any atom is -0.340 e. The Bertz CT molecular complexity index is 522. The summed E-state index contributed by atoms with van der Waals surface area (Å²) in [5, 5.41) is 6.73. The number of nitrogens with one attached hydrogen (secondary N) is 1. The maximum absolute atomic E-state index is 12.0. The highest BCUT2D eigenvalue weighted by atomic mass is 16.2. The largest absolute Gasteiger partial charge is 0.340 e. The average Bonchev–Trinajstić information content (AvgIpc) is 2.31. The van der Waals surface area contributed by atoms with Gasteiger partial charge in [-0.2, -0.15) is 0 Å². The van der Waals surface area contributed by atoms with E-state index in [2.05, 4.69) is 10.6 Å². The Morgan fingerprint density at radius 1 is 1.25 bits per heavy atom. The predicted octanol–water partition coefficient (Wildman–Crippen LogP) is 0.498. The Labute approximate surface area is 91.7 Å². The van der Waals surface area contributed by atoms with Crippen LogP contribution in [0.4, 0.5) is 5.69 Å². The van der Waals surface area contributed by atoms with Crippen molar-refractivity contribution in [3.05, 3.63) is 41.8 Å². The van der Waals surface area contributed by atoms with E-state index < -0.39 is 0 Å². The van der Waals surface area contributed by atoms with Gasteiger partial charge in [0.25, 0.3) is 11.8 Å². The van der Waals surface area contributed by atoms with Gasteiger partial charge in [-0.3, -0.25) is 14.5 Å². The Hall–Kier alpha value is -2.30. The first kappa shape index (κ1) is 8.96. The second kappa shape index (κ2) is 3.10. The lowest BCUT2D eigenvalue weighted by Crippen LogP contribution is -2.45. The number of para-hydroxylation sites is 1. The van der Waals surface area contributed by atoms with Gasteiger partial charge in [0, 0.05) is 0 Å². The van der Waals surface area contributed by atoms with Crippen molar-refractivity contribution >= 4 is 17.5 Å². The molecule has 1 aromatic carbocycles. The van der Waals surface area contributed by atoms with Gasteiger partial charge >= 0.3 is 0 Å². The molecule has 0 unspecified atom stereocenters. The summed E-state index contributed by atoms with van der Waals surface area (Å²) in [6.45, 7) is 0.00595. The summed E-state index contributed by atoms with van der Waals surface area (Å²) in [5.41, 5.74) is 1.33. The molecule has 0 spiro atoms. The molecule has 5 heteroatoms. The van der Waals surface area contributed by atoms with Crippen molar-refractivity contribution < 1.29 is 9.59 Å². The standard InChI is InChI=1S/C11H8N3O2/c15-10-6-14-9(5-12-10)13-8-4-2-1-3-7(8)11(14)16/h1-5,13H,6H2. The molecular weight excluding hydrogens is 206 g/mol. The predicted molar refractivity (Wildman–Crippen MR) is 56.3 cm³/mol. The van der Waals surface area contributed by atoms with Crippen LogP contribution in [-0.4, -0.2) is 23.3 Å². The number of carbonyl (C=O) groups excluding carboxylic acids is 2. The molecule has 3 rings (SSSR count). The van der Waals surface area contributed by atoms with Crippen LogP contribution in [0.25, 0.3) is 0 Å². The third-order valence-corrected chi connectivity index (χ3v) is 2.58. The maximum Gasteiger partial charge on any atom is 0.265 e. The van der Waals surface area contributed by atoms with Crippen LogP contribution in [0.2, 0.25) is 0 Å². The van der Waals surface area contributed by atoms with Crippen LogP contribution in [0.5, 0.6) is 0 Å². The van der Waals surface area contributed by atoms with Crippen LogP contribution < -0.4 is 10.6 Å². The monoisotopic (exact) mass is 214 g/mol. The number of nitrogens with zero attached hydrogens (tertiary/aromatic N) is 2. The first-order chi connectivity index (χ1) is 7.75. The third-order valence-electron chi connectivity index (χ3n) is 2.58. The summed E-state index contributed by atoms with van der Waals surface area (Å²) in [6.07, 6.45) is 1.39. The number of hydrogen-bond donors (Lipinski definition) is 1. The van der Waals surface area contributed by atoms with Gasteiger partial charge in [-0.25, -0.2) is 5.32 Å². The van der Waals surface area contributed by atoms with Gasteiger partial charge in [0.15, 0.2) is 0 Å². The lowest BCUT2D eigenvalue weighted by molar-refractivity contribution is -0.121. The first-order valence-electron chi connectivity index (χ1n) is 4.87. The molecule has 1 N–H and O–H groups in total. The minimum absolute atomic E-state index is 0.00595. The third kappa shape index (κ3) is 1.18. The van der Waals surface area contributed by atoms with Crippen LogP contribution in [0, 0.1) is 0 Å². The van der Waals surface area contributed by atoms with Crippen LogP contribution in [-0.2, 0) is 4.79 Å². The Balaban J connectivity index is 2.10. The molecule has 0 bridgehead atoms. The highest BCUT2D eigenvalue weighted by Crippen LogP contribution is 2.27. The zero-order valence-electron chi connectivity index (χ0n) is 8.30. The van der Waals surface area contributed by atoms with Crippen molar-refractivity contribution in [2.75, 3.05) is 11.9 Å². The lowest BCUT2D eigenvalue weighted by Gasteiger charge is -2.32. The SMILES string of the molecule is O=C1CN2C(=O)c3ccccc3NC2=C[N]1. The molecule has 0 aromatic heterocycles. The van der Waals surface area contributed by atoms with Crippen molar-refractivity contribution in [3.63, 3.8) is 0 Å². The normalized spacial score (nSPS) is 18.0. The van der Waals surface area contributed by atoms with Crippen molar-refractivity contribution in [3.8, 4) is 0 Å². The number of carbonyl (C=O) groups is 2. The molecule has 1 aromatic rings. The van der Waals surface area contributed by atoms with Crippen molar-refractivity contribution in [2.24, 2.45) is 0 Å². The highest BCUT2D eigenvalue weighted by molar-refractivity contribution is 6.05. The fraction of sp³-hybridized carbons (Fsp3) is 0.0909. The molecule has 79 valence electrons. The van der Waals surface area contributed by atoms with Gasteiger partial charge in [-0.05, 0) is 12.1 Å². The summed E-state index contributed by atoms with van der Waals surface area (Å²) in [5.74, 6) is 0.0884. The summed E-state index contributed by atoms with van der Waals surface area (Å²) in [6, 6.07) is 7.20. The molecule has 5 nitrogen and oxygen atoms in total. The smallest absolute Gasteiger partial charge is 0.265 e.